The lowest BCUT2D eigenvalue weighted by Crippen LogP contribution is -2.22. The molecule has 0 aliphatic rings. The Labute approximate surface area is 138 Å². The minimum atomic E-state index is 0.613. The molecular weight excluding hydrogens is 378 g/mol. The number of benzene rings is 2. The van der Waals surface area contributed by atoms with Crippen LogP contribution in [0, 0.1) is 5.92 Å². The number of nitrogens with one attached hydrogen (secondary N) is 1. The highest BCUT2D eigenvalue weighted by Gasteiger charge is 2.10. The van der Waals surface area contributed by atoms with Crippen molar-refractivity contribution in [3.63, 3.8) is 0 Å². The van der Waals surface area contributed by atoms with Gasteiger partial charge in [-0.3, -0.25) is 0 Å². The molecule has 3 heteroatoms. The smallest absolute Gasteiger partial charge is 0.0175 e. The minimum Gasteiger partial charge on any atom is -0.319 e. The molecule has 0 heterocycles. The summed E-state index contributed by atoms with van der Waals surface area (Å²) in [6.07, 6.45) is 2.20. The van der Waals surface area contributed by atoms with Gasteiger partial charge in [-0.15, -0.1) is 0 Å². The maximum Gasteiger partial charge on any atom is 0.0175 e. The van der Waals surface area contributed by atoms with Crippen molar-refractivity contribution in [2.24, 2.45) is 5.92 Å². The van der Waals surface area contributed by atoms with Crippen LogP contribution in [0.25, 0.3) is 0 Å². The van der Waals surface area contributed by atoms with Crippen LogP contribution in [0.4, 0.5) is 0 Å². The molecular formula is C17H19Br2N. The molecule has 0 fully saturated rings. The molecule has 0 saturated carbocycles. The predicted octanol–water partition coefficient (Wildman–Crippen LogP) is 4.83. The SMILES string of the molecule is CNCC(Cc1ccc(Br)cc1)Cc1ccc(Br)cc1. The maximum atomic E-state index is 3.49. The van der Waals surface area contributed by atoms with E-state index < -0.39 is 0 Å². The van der Waals surface area contributed by atoms with Crippen LogP contribution in [-0.2, 0) is 12.8 Å². The van der Waals surface area contributed by atoms with E-state index in [1.54, 1.807) is 0 Å². The third-order valence-electron chi connectivity index (χ3n) is 3.37. The van der Waals surface area contributed by atoms with Crippen LogP contribution >= 0.6 is 31.9 Å². The zero-order valence-corrected chi connectivity index (χ0v) is 14.7. The lowest BCUT2D eigenvalue weighted by atomic mass is 9.92. The van der Waals surface area contributed by atoms with Crippen LogP contribution < -0.4 is 5.32 Å². The van der Waals surface area contributed by atoms with Crippen molar-refractivity contribution >= 4 is 31.9 Å². The third-order valence-corrected chi connectivity index (χ3v) is 4.43. The fourth-order valence-electron chi connectivity index (χ4n) is 2.41. The summed E-state index contributed by atoms with van der Waals surface area (Å²) in [5, 5.41) is 3.31. The van der Waals surface area contributed by atoms with Crippen molar-refractivity contribution in [2.45, 2.75) is 12.8 Å². The van der Waals surface area contributed by atoms with Crippen molar-refractivity contribution in [1.29, 1.82) is 0 Å². The van der Waals surface area contributed by atoms with Crippen molar-refractivity contribution in [1.82, 2.24) is 5.32 Å². The largest absolute Gasteiger partial charge is 0.319 e. The van der Waals surface area contributed by atoms with Gasteiger partial charge in [-0.05, 0) is 67.7 Å². The van der Waals surface area contributed by atoms with Gasteiger partial charge in [-0.25, -0.2) is 0 Å². The summed E-state index contributed by atoms with van der Waals surface area (Å²) in [7, 11) is 2.02. The van der Waals surface area contributed by atoms with Gasteiger partial charge in [0.1, 0.15) is 0 Å². The van der Waals surface area contributed by atoms with E-state index >= 15 is 0 Å². The highest BCUT2D eigenvalue weighted by Crippen LogP contribution is 2.18. The Bertz CT molecular complexity index is 472. The van der Waals surface area contributed by atoms with E-state index in [2.05, 4.69) is 85.7 Å². The van der Waals surface area contributed by atoms with Crippen LogP contribution in [0.1, 0.15) is 11.1 Å². The second-order valence-corrected chi connectivity index (χ2v) is 6.92. The first kappa shape index (κ1) is 15.7. The highest BCUT2D eigenvalue weighted by atomic mass is 79.9. The van der Waals surface area contributed by atoms with Gasteiger partial charge in [-0.1, -0.05) is 56.1 Å². The standard InChI is InChI=1S/C17H19Br2N/c1-20-12-15(10-13-2-6-16(18)7-3-13)11-14-4-8-17(19)9-5-14/h2-9,15,20H,10-12H2,1H3. The number of hydrogen-bond acceptors (Lipinski definition) is 1. The molecule has 0 aliphatic carbocycles. The molecule has 2 rings (SSSR count). The monoisotopic (exact) mass is 395 g/mol. The first-order valence-corrected chi connectivity index (χ1v) is 8.39. The first-order valence-electron chi connectivity index (χ1n) is 6.81. The molecule has 0 radical (unpaired) electrons. The van der Waals surface area contributed by atoms with Crippen LogP contribution in [-0.4, -0.2) is 13.6 Å². The molecule has 106 valence electrons. The summed E-state index contributed by atoms with van der Waals surface area (Å²) in [6.45, 7) is 1.03. The quantitative estimate of drug-likeness (QED) is 0.737. The average molecular weight is 397 g/mol. The second kappa shape index (κ2) is 7.96. The third kappa shape index (κ3) is 5.04. The summed E-state index contributed by atoms with van der Waals surface area (Å²) in [5.74, 6) is 0.613. The van der Waals surface area contributed by atoms with E-state index in [0.29, 0.717) is 5.92 Å². The van der Waals surface area contributed by atoms with Gasteiger partial charge in [-0.2, -0.15) is 0 Å². The minimum absolute atomic E-state index is 0.613. The molecule has 0 spiro atoms. The summed E-state index contributed by atoms with van der Waals surface area (Å²) in [6, 6.07) is 17.3. The van der Waals surface area contributed by atoms with Crippen molar-refractivity contribution in [3.05, 3.63) is 68.6 Å². The molecule has 1 nitrogen and oxygen atoms in total. The van der Waals surface area contributed by atoms with E-state index in [4.69, 9.17) is 0 Å². The number of rotatable bonds is 6. The Morgan fingerprint density at radius 1 is 0.800 bits per heavy atom. The molecule has 2 aromatic rings. The Hall–Kier alpha value is -0.640. The Balaban J connectivity index is 2.02. The van der Waals surface area contributed by atoms with Crippen molar-refractivity contribution in [2.75, 3.05) is 13.6 Å². The van der Waals surface area contributed by atoms with E-state index in [-0.39, 0.29) is 0 Å². The molecule has 20 heavy (non-hydrogen) atoms. The summed E-state index contributed by atoms with van der Waals surface area (Å²) >= 11 is 6.97. The Morgan fingerprint density at radius 2 is 1.20 bits per heavy atom. The lowest BCUT2D eigenvalue weighted by molar-refractivity contribution is 0.493. The van der Waals surface area contributed by atoms with Gasteiger partial charge in [0, 0.05) is 8.95 Å². The van der Waals surface area contributed by atoms with Gasteiger partial charge in [0.05, 0.1) is 0 Å². The summed E-state index contributed by atoms with van der Waals surface area (Å²) in [4.78, 5) is 0. The average Bonchev–Trinajstić information content (AvgIpc) is 2.44. The highest BCUT2D eigenvalue weighted by molar-refractivity contribution is 9.10. The normalized spacial score (nSPS) is 11.0. The summed E-state index contributed by atoms with van der Waals surface area (Å²) < 4.78 is 2.28. The van der Waals surface area contributed by atoms with Gasteiger partial charge >= 0.3 is 0 Å². The molecule has 0 saturated heterocycles. The fourth-order valence-corrected chi connectivity index (χ4v) is 2.94. The number of halogens is 2. The van der Waals surface area contributed by atoms with Crippen LogP contribution in [0.5, 0.6) is 0 Å². The number of hydrogen-bond donors (Lipinski definition) is 1. The van der Waals surface area contributed by atoms with E-state index in [0.717, 1.165) is 28.3 Å². The molecule has 0 unspecified atom stereocenters. The van der Waals surface area contributed by atoms with Crippen LogP contribution in [0.15, 0.2) is 57.5 Å². The zero-order valence-electron chi connectivity index (χ0n) is 11.6. The van der Waals surface area contributed by atoms with Gasteiger partial charge < -0.3 is 5.32 Å². The van der Waals surface area contributed by atoms with Gasteiger partial charge in [0.25, 0.3) is 0 Å². The van der Waals surface area contributed by atoms with Crippen molar-refractivity contribution < 1.29 is 0 Å². The molecule has 0 aliphatic heterocycles. The zero-order chi connectivity index (χ0) is 14.4. The Morgan fingerprint density at radius 3 is 1.55 bits per heavy atom. The molecule has 2 aromatic carbocycles. The molecule has 0 aromatic heterocycles. The fraction of sp³-hybridized carbons (Fsp3) is 0.294. The van der Waals surface area contributed by atoms with E-state index in [9.17, 15) is 0 Å². The van der Waals surface area contributed by atoms with E-state index in [1.165, 1.54) is 11.1 Å². The second-order valence-electron chi connectivity index (χ2n) is 5.08. The maximum absolute atomic E-state index is 3.49. The van der Waals surface area contributed by atoms with Gasteiger partial charge in [0.15, 0.2) is 0 Å². The van der Waals surface area contributed by atoms with Gasteiger partial charge in [0.2, 0.25) is 0 Å². The molecule has 0 amide bonds. The first-order chi connectivity index (χ1) is 9.67. The van der Waals surface area contributed by atoms with Crippen molar-refractivity contribution in [3.8, 4) is 0 Å². The molecule has 0 atom stereocenters. The van der Waals surface area contributed by atoms with E-state index in [1.807, 2.05) is 7.05 Å². The van der Waals surface area contributed by atoms with Crippen LogP contribution in [0.3, 0.4) is 0 Å². The lowest BCUT2D eigenvalue weighted by Gasteiger charge is -2.17. The molecule has 0 bridgehead atoms. The predicted molar refractivity (Wildman–Crippen MR) is 93.1 cm³/mol. The summed E-state index contributed by atoms with van der Waals surface area (Å²) in [5.41, 5.74) is 2.79. The Kier molecular flexibility index (Phi) is 6.27. The van der Waals surface area contributed by atoms with Crippen LogP contribution in [0.2, 0.25) is 0 Å². The topological polar surface area (TPSA) is 12.0 Å². The molecule has 1 N–H and O–H groups in total.